The Labute approximate surface area is 216 Å². The van der Waals surface area contributed by atoms with Crippen molar-refractivity contribution in [2.24, 2.45) is 4.99 Å². The molecule has 0 saturated carbocycles. The number of halogens is 1. The van der Waals surface area contributed by atoms with Gasteiger partial charge in [0.15, 0.2) is 5.65 Å². The predicted molar refractivity (Wildman–Crippen MR) is 149 cm³/mol. The van der Waals surface area contributed by atoms with Crippen LogP contribution in [0.3, 0.4) is 0 Å². The lowest BCUT2D eigenvalue weighted by molar-refractivity contribution is -0.117. The van der Waals surface area contributed by atoms with E-state index in [1.807, 2.05) is 23.1 Å². The van der Waals surface area contributed by atoms with Gasteiger partial charge >= 0.3 is 0 Å². The molecule has 2 aromatic rings. The maximum absolute atomic E-state index is 13.4. The Morgan fingerprint density at radius 1 is 1.35 bits per heavy atom. The molecule has 4 rings (SSSR count). The van der Waals surface area contributed by atoms with Gasteiger partial charge in [0.25, 0.3) is 0 Å². The zero-order valence-corrected chi connectivity index (χ0v) is 21.5. The number of fused-ring (bicyclic) bond motifs is 2. The number of nitrogen functional groups attached to an aromatic ring is 1. The minimum Gasteiger partial charge on any atom is -0.383 e. The number of nitrogens with two attached hydrogens (primary N) is 1. The molecule has 192 valence electrons. The lowest BCUT2D eigenvalue weighted by atomic mass is 10.0. The second-order valence-electron chi connectivity index (χ2n) is 9.22. The first-order chi connectivity index (χ1) is 17.8. The molecule has 0 spiro atoms. The van der Waals surface area contributed by atoms with Crippen molar-refractivity contribution in [1.29, 1.82) is 0 Å². The van der Waals surface area contributed by atoms with Gasteiger partial charge < -0.3 is 15.5 Å². The summed E-state index contributed by atoms with van der Waals surface area (Å²) in [4.78, 5) is 24.2. The number of nitrogens with zero attached hydrogens (tertiary/aromatic N) is 6. The number of allylic oxidation sites excluding steroid dienone is 6. The van der Waals surface area contributed by atoms with E-state index in [1.165, 1.54) is 0 Å². The van der Waals surface area contributed by atoms with Crippen molar-refractivity contribution in [2.75, 3.05) is 37.4 Å². The van der Waals surface area contributed by atoms with E-state index in [4.69, 9.17) is 10.7 Å². The highest BCUT2D eigenvalue weighted by Gasteiger charge is 2.27. The summed E-state index contributed by atoms with van der Waals surface area (Å²) in [6, 6.07) is 0.00999. The Morgan fingerprint density at radius 3 is 2.84 bits per heavy atom. The highest BCUT2D eigenvalue weighted by atomic mass is 19.1. The van der Waals surface area contributed by atoms with Gasteiger partial charge in [-0.25, -0.2) is 9.37 Å². The van der Waals surface area contributed by atoms with Gasteiger partial charge in [-0.05, 0) is 61.3 Å². The van der Waals surface area contributed by atoms with Crippen LogP contribution < -0.4 is 10.6 Å². The monoisotopic (exact) mass is 501 g/mol. The Morgan fingerprint density at radius 2 is 2.14 bits per heavy atom. The molecule has 8 nitrogen and oxygen atoms in total. The molecule has 4 heterocycles. The summed E-state index contributed by atoms with van der Waals surface area (Å²) in [5, 5.41) is 4.52. The second-order valence-corrected chi connectivity index (χ2v) is 9.22. The number of hydrogen-bond donors (Lipinski definition) is 1. The van der Waals surface area contributed by atoms with Crippen molar-refractivity contribution in [1.82, 2.24) is 19.5 Å². The SMILES string of the molecule is C=C1CN=CC(c2cnn3c(N)c4c(nc23)N(C(C)CCN(C)C=O)C(=C)C=C4)=C/C1=C/C(=C\C)CF. The zero-order chi connectivity index (χ0) is 26.7. The molecule has 2 aromatic heterocycles. The Balaban J connectivity index is 1.83. The standard InChI is InChI=1S/C28H32FN7O/c1-6-21(13-29)11-22-12-23(15-31-14-18(22)2)25-16-32-36-26(30)24-8-7-19(3)35(27(24)33-28(25)36)20(4)9-10-34(5)17-37/h6-8,11-12,15-17,20H,2-3,9-10,13-14,30H2,1,4-5H3/b21-6+,22-11-. The first-order valence-electron chi connectivity index (χ1n) is 12.1. The first-order valence-corrected chi connectivity index (χ1v) is 12.1. The molecule has 1 amide bonds. The highest BCUT2D eigenvalue weighted by Crippen LogP contribution is 2.36. The van der Waals surface area contributed by atoms with Crippen molar-refractivity contribution in [3.63, 3.8) is 0 Å². The fourth-order valence-electron chi connectivity index (χ4n) is 4.36. The number of anilines is 2. The van der Waals surface area contributed by atoms with Gasteiger partial charge in [0.05, 0.1) is 18.3 Å². The van der Waals surface area contributed by atoms with Crippen LogP contribution in [0.25, 0.3) is 17.3 Å². The van der Waals surface area contributed by atoms with E-state index in [1.54, 1.807) is 48.0 Å². The van der Waals surface area contributed by atoms with E-state index in [0.717, 1.165) is 46.4 Å². The molecule has 1 unspecified atom stereocenters. The van der Waals surface area contributed by atoms with Crippen LogP contribution in [0.5, 0.6) is 0 Å². The molecule has 0 aromatic carbocycles. The van der Waals surface area contributed by atoms with Crippen LogP contribution in [0.1, 0.15) is 31.4 Å². The van der Waals surface area contributed by atoms with Gasteiger partial charge in [0.1, 0.15) is 18.3 Å². The highest BCUT2D eigenvalue weighted by molar-refractivity contribution is 6.13. The molecule has 0 saturated heterocycles. The summed E-state index contributed by atoms with van der Waals surface area (Å²) in [6.07, 6.45) is 14.3. The molecule has 9 heteroatoms. The quantitative estimate of drug-likeness (QED) is 0.542. The molecule has 1 atom stereocenters. The van der Waals surface area contributed by atoms with E-state index in [2.05, 4.69) is 30.2 Å². The van der Waals surface area contributed by atoms with Gasteiger partial charge in [-0.2, -0.15) is 9.61 Å². The molecule has 0 bridgehead atoms. The van der Waals surface area contributed by atoms with Gasteiger partial charge in [-0.15, -0.1) is 0 Å². The van der Waals surface area contributed by atoms with Crippen LogP contribution >= 0.6 is 0 Å². The van der Waals surface area contributed by atoms with Crippen molar-refractivity contribution in [3.8, 4) is 0 Å². The minimum atomic E-state index is -0.563. The number of aliphatic imine (C=N–C) groups is 1. The lowest BCUT2D eigenvalue weighted by Gasteiger charge is -2.35. The predicted octanol–water partition coefficient (Wildman–Crippen LogP) is 4.39. The molecule has 0 aliphatic carbocycles. The molecule has 37 heavy (non-hydrogen) atoms. The van der Waals surface area contributed by atoms with Crippen LogP contribution in [-0.4, -0.2) is 65.0 Å². The molecular formula is C28H32FN7O. The Kier molecular flexibility index (Phi) is 7.52. The lowest BCUT2D eigenvalue weighted by Crippen LogP contribution is -2.36. The number of carbonyl (C=O) groups is 1. The van der Waals surface area contributed by atoms with E-state index in [9.17, 15) is 9.18 Å². The number of carbonyl (C=O) groups excluding carboxylic acids is 1. The largest absolute Gasteiger partial charge is 0.383 e. The number of alkyl halides is 1. The number of aromatic nitrogens is 3. The minimum absolute atomic E-state index is 0.00999. The second kappa shape index (κ2) is 10.8. The summed E-state index contributed by atoms with van der Waals surface area (Å²) in [7, 11) is 1.75. The van der Waals surface area contributed by atoms with Crippen molar-refractivity contribution >= 4 is 41.6 Å². The average molecular weight is 502 g/mol. The van der Waals surface area contributed by atoms with Crippen LogP contribution in [0.2, 0.25) is 0 Å². The summed E-state index contributed by atoms with van der Waals surface area (Å²) >= 11 is 0. The normalized spacial score (nSPS) is 17.7. The summed E-state index contributed by atoms with van der Waals surface area (Å²) < 4.78 is 15.0. The number of amides is 1. The maximum atomic E-state index is 13.4. The van der Waals surface area contributed by atoms with Crippen molar-refractivity contribution < 1.29 is 9.18 Å². The molecule has 0 radical (unpaired) electrons. The van der Waals surface area contributed by atoms with Gasteiger partial charge in [0, 0.05) is 42.7 Å². The Bertz CT molecular complexity index is 1410. The number of rotatable bonds is 8. The molecule has 2 aliphatic rings. The third kappa shape index (κ3) is 5.02. The van der Waals surface area contributed by atoms with Gasteiger partial charge in [-0.3, -0.25) is 9.79 Å². The average Bonchev–Trinajstić information content (AvgIpc) is 3.23. The molecular weight excluding hydrogens is 469 g/mol. The van der Waals surface area contributed by atoms with Crippen LogP contribution in [0.15, 0.2) is 71.1 Å². The summed E-state index contributed by atoms with van der Waals surface area (Å²) in [5.41, 5.74) is 12.4. The molecule has 2 N–H and O–H groups in total. The molecule has 2 aliphatic heterocycles. The Hall–Kier alpha value is -4.27. The van der Waals surface area contributed by atoms with E-state index in [-0.39, 0.29) is 6.04 Å². The summed E-state index contributed by atoms with van der Waals surface area (Å²) in [5.74, 6) is 1.14. The van der Waals surface area contributed by atoms with E-state index < -0.39 is 6.67 Å². The van der Waals surface area contributed by atoms with Crippen LogP contribution in [0.4, 0.5) is 16.0 Å². The smallest absolute Gasteiger partial charge is 0.209 e. The molecule has 0 fully saturated rings. The van der Waals surface area contributed by atoms with Crippen LogP contribution in [-0.2, 0) is 4.79 Å². The topological polar surface area (TPSA) is 92.1 Å². The van der Waals surface area contributed by atoms with E-state index >= 15 is 0 Å². The fraction of sp³-hybridized carbons (Fsp3) is 0.286. The zero-order valence-electron chi connectivity index (χ0n) is 21.5. The summed E-state index contributed by atoms with van der Waals surface area (Å²) in [6.45, 7) is 12.6. The van der Waals surface area contributed by atoms with E-state index in [0.29, 0.717) is 35.9 Å². The third-order valence-corrected chi connectivity index (χ3v) is 6.61. The van der Waals surface area contributed by atoms with Crippen molar-refractivity contribution in [2.45, 2.75) is 26.3 Å². The maximum Gasteiger partial charge on any atom is 0.209 e. The number of hydrogen-bond acceptors (Lipinski definition) is 6. The van der Waals surface area contributed by atoms with Crippen molar-refractivity contribution in [3.05, 3.63) is 77.2 Å². The van der Waals surface area contributed by atoms with Crippen LogP contribution in [0, 0.1) is 0 Å². The third-order valence-electron chi connectivity index (χ3n) is 6.61. The van der Waals surface area contributed by atoms with Gasteiger partial charge in [-0.1, -0.05) is 19.2 Å². The van der Waals surface area contributed by atoms with Gasteiger partial charge in [0.2, 0.25) is 6.41 Å². The fourth-order valence-corrected chi connectivity index (χ4v) is 4.36. The first kappa shape index (κ1) is 25.8.